The lowest BCUT2D eigenvalue weighted by atomic mass is 10.1. The van der Waals surface area contributed by atoms with Gasteiger partial charge in [0.25, 0.3) is 0 Å². The number of rotatable bonds is 2. The van der Waals surface area contributed by atoms with Gasteiger partial charge >= 0.3 is 6.09 Å². The Labute approximate surface area is 112 Å². The van der Waals surface area contributed by atoms with E-state index in [9.17, 15) is 4.79 Å². The summed E-state index contributed by atoms with van der Waals surface area (Å²) < 4.78 is 5.12. The normalized spacial score (nSPS) is 10.6. The summed E-state index contributed by atoms with van der Waals surface area (Å²) in [6.07, 6.45) is 4.79. The van der Waals surface area contributed by atoms with Crippen LogP contribution in [0.2, 0.25) is 5.02 Å². The van der Waals surface area contributed by atoms with Crippen LogP contribution in [0.25, 0.3) is 0 Å². The molecule has 0 atom stereocenters. The van der Waals surface area contributed by atoms with E-state index in [1.165, 1.54) is 0 Å². The molecule has 0 saturated carbocycles. The second-order valence-electron chi connectivity index (χ2n) is 4.81. The maximum atomic E-state index is 11.5. The van der Waals surface area contributed by atoms with Crippen molar-refractivity contribution in [2.24, 2.45) is 0 Å². The smallest absolute Gasteiger partial charge is 0.407 e. The Balaban J connectivity index is 2.59. The molecule has 0 heterocycles. The summed E-state index contributed by atoms with van der Waals surface area (Å²) in [5.41, 5.74) is 0.990. The van der Waals surface area contributed by atoms with Gasteiger partial charge in [0.2, 0.25) is 0 Å². The van der Waals surface area contributed by atoms with Gasteiger partial charge in [0.1, 0.15) is 5.60 Å². The molecule has 0 unspecified atom stereocenters. The third kappa shape index (κ3) is 4.68. The average molecular weight is 266 g/mol. The Hall–Kier alpha value is -1.66. The molecule has 1 amide bonds. The molecule has 0 radical (unpaired) electrons. The van der Waals surface area contributed by atoms with E-state index in [0.717, 1.165) is 5.56 Å². The van der Waals surface area contributed by atoms with Crippen molar-refractivity contribution in [2.75, 3.05) is 0 Å². The molecular weight excluding hydrogens is 250 g/mol. The van der Waals surface area contributed by atoms with Gasteiger partial charge in [-0.2, -0.15) is 0 Å². The lowest BCUT2D eigenvalue weighted by Crippen LogP contribution is -2.32. The fraction of sp³-hybridized carbons (Fsp3) is 0.357. The van der Waals surface area contributed by atoms with Crippen LogP contribution in [-0.2, 0) is 11.3 Å². The van der Waals surface area contributed by atoms with E-state index in [1.54, 1.807) is 39.0 Å². The maximum Gasteiger partial charge on any atom is 0.407 e. The molecular formula is C14H16ClNO2. The number of hydrogen-bond acceptors (Lipinski definition) is 2. The number of hydrogen-bond donors (Lipinski definition) is 1. The van der Waals surface area contributed by atoms with Crippen LogP contribution in [0.3, 0.4) is 0 Å². The highest BCUT2D eigenvalue weighted by atomic mass is 35.5. The minimum atomic E-state index is -0.513. The first-order chi connectivity index (χ1) is 8.31. The summed E-state index contributed by atoms with van der Waals surface area (Å²) in [6, 6.07) is 5.25. The monoisotopic (exact) mass is 265 g/mol. The van der Waals surface area contributed by atoms with Crippen LogP contribution in [0.15, 0.2) is 18.2 Å². The summed E-state index contributed by atoms with van der Waals surface area (Å²) in [4.78, 5) is 11.5. The summed E-state index contributed by atoms with van der Waals surface area (Å²) in [6.45, 7) is 5.72. The van der Waals surface area contributed by atoms with Crippen molar-refractivity contribution < 1.29 is 9.53 Å². The van der Waals surface area contributed by atoms with Crippen LogP contribution in [0.1, 0.15) is 31.9 Å². The lowest BCUT2D eigenvalue weighted by Gasteiger charge is -2.19. The Kier molecular flexibility index (Phi) is 4.63. The van der Waals surface area contributed by atoms with Crippen LogP contribution in [0.5, 0.6) is 0 Å². The number of ether oxygens (including phenoxy) is 1. The fourth-order valence-electron chi connectivity index (χ4n) is 1.26. The topological polar surface area (TPSA) is 38.3 Å². The molecule has 1 aromatic carbocycles. The molecule has 4 heteroatoms. The molecule has 0 bridgehead atoms. The second kappa shape index (κ2) is 5.79. The molecule has 0 aliphatic rings. The molecule has 96 valence electrons. The summed E-state index contributed by atoms with van der Waals surface area (Å²) >= 11 is 6.04. The van der Waals surface area contributed by atoms with Gasteiger partial charge in [0, 0.05) is 17.1 Å². The standard InChI is InChI=1S/C14H16ClNO2/c1-5-10-6-7-11(12(15)8-10)9-16-13(17)18-14(2,3)4/h1,6-8H,9H2,2-4H3,(H,16,17). The molecule has 0 spiro atoms. The first kappa shape index (κ1) is 14.4. The van der Waals surface area contributed by atoms with Crippen LogP contribution in [0, 0.1) is 12.3 Å². The van der Waals surface area contributed by atoms with Gasteiger partial charge in [-0.25, -0.2) is 4.79 Å². The van der Waals surface area contributed by atoms with Gasteiger partial charge in [-0.1, -0.05) is 23.6 Å². The summed E-state index contributed by atoms with van der Waals surface area (Å²) in [7, 11) is 0. The summed E-state index contributed by atoms with van der Waals surface area (Å²) in [5.74, 6) is 2.49. The first-order valence-corrected chi connectivity index (χ1v) is 5.91. The van der Waals surface area contributed by atoms with Crippen molar-refractivity contribution in [3.63, 3.8) is 0 Å². The van der Waals surface area contributed by atoms with Crippen LogP contribution in [-0.4, -0.2) is 11.7 Å². The van der Waals surface area contributed by atoms with Crippen molar-refractivity contribution in [1.29, 1.82) is 0 Å². The van der Waals surface area contributed by atoms with Gasteiger partial charge in [0.05, 0.1) is 0 Å². The van der Waals surface area contributed by atoms with Crippen molar-refractivity contribution in [1.82, 2.24) is 5.32 Å². The Morgan fingerprint density at radius 1 is 1.50 bits per heavy atom. The zero-order valence-electron chi connectivity index (χ0n) is 10.7. The number of amides is 1. The first-order valence-electron chi connectivity index (χ1n) is 5.54. The molecule has 0 fully saturated rings. The molecule has 0 aliphatic carbocycles. The molecule has 1 aromatic rings. The van der Waals surface area contributed by atoms with Crippen molar-refractivity contribution in [2.45, 2.75) is 32.9 Å². The minimum absolute atomic E-state index is 0.304. The van der Waals surface area contributed by atoms with Crippen molar-refractivity contribution >= 4 is 17.7 Å². The predicted molar refractivity (Wildman–Crippen MR) is 72.5 cm³/mol. The largest absolute Gasteiger partial charge is 0.444 e. The zero-order valence-corrected chi connectivity index (χ0v) is 11.5. The lowest BCUT2D eigenvalue weighted by molar-refractivity contribution is 0.0523. The fourth-order valence-corrected chi connectivity index (χ4v) is 1.51. The summed E-state index contributed by atoms with van der Waals surface area (Å²) in [5, 5.41) is 3.17. The van der Waals surface area contributed by atoms with Crippen LogP contribution < -0.4 is 5.32 Å². The minimum Gasteiger partial charge on any atom is -0.444 e. The highest BCUT2D eigenvalue weighted by molar-refractivity contribution is 6.31. The third-order valence-electron chi connectivity index (χ3n) is 2.04. The highest BCUT2D eigenvalue weighted by Crippen LogP contribution is 2.17. The quantitative estimate of drug-likeness (QED) is 0.833. The highest BCUT2D eigenvalue weighted by Gasteiger charge is 2.15. The van der Waals surface area contributed by atoms with E-state index in [-0.39, 0.29) is 0 Å². The average Bonchev–Trinajstić information content (AvgIpc) is 2.25. The van der Waals surface area contributed by atoms with Gasteiger partial charge in [-0.3, -0.25) is 0 Å². The number of nitrogens with one attached hydrogen (secondary N) is 1. The number of benzene rings is 1. The van der Waals surface area contributed by atoms with Gasteiger partial charge < -0.3 is 10.1 Å². The van der Waals surface area contributed by atoms with Crippen LogP contribution >= 0.6 is 11.6 Å². The molecule has 3 nitrogen and oxygen atoms in total. The van der Waals surface area contributed by atoms with Gasteiger partial charge in [0.15, 0.2) is 0 Å². The number of terminal acetylenes is 1. The Morgan fingerprint density at radius 2 is 2.17 bits per heavy atom. The van der Waals surface area contributed by atoms with Crippen LogP contribution in [0.4, 0.5) is 4.79 Å². The molecule has 18 heavy (non-hydrogen) atoms. The zero-order chi connectivity index (χ0) is 13.8. The molecule has 0 aliphatic heterocycles. The number of carbonyl (C=O) groups excluding carboxylic acids is 1. The second-order valence-corrected chi connectivity index (χ2v) is 5.21. The van der Waals surface area contributed by atoms with E-state index in [1.807, 2.05) is 0 Å². The molecule has 0 saturated heterocycles. The predicted octanol–water partition coefficient (Wildman–Crippen LogP) is 3.35. The Bertz CT molecular complexity index is 484. The van der Waals surface area contributed by atoms with Gasteiger partial charge in [-0.15, -0.1) is 6.42 Å². The molecule has 0 aromatic heterocycles. The van der Waals surface area contributed by atoms with E-state index in [2.05, 4.69) is 11.2 Å². The van der Waals surface area contributed by atoms with E-state index in [0.29, 0.717) is 17.1 Å². The van der Waals surface area contributed by atoms with E-state index < -0.39 is 11.7 Å². The molecule has 1 N–H and O–H groups in total. The van der Waals surface area contributed by atoms with Gasteiger partial charge in [-0.05, 0) is 38.5 Å². The number of carbonyl (C=O) groups is 1. The maximum absolute atomic E-state index is 11.5. The van der Waals surface area contributed by atoms with Crippen molar-refractivity contribution in [3.8, 4) is 12.3 Å². The molecule has 1 rings (SSSR count). The third-order valence-corrected chi connectivity index (χ3v) is 2.39. The van der Waals surface area contributed by atoms with E-state index >= 15 is 0 Å². The SMILES string of the molecule is C#Cc1ccc(CNC(=O)OC(C)(C)C)c(Cl)c1. The Morgan fingerprint density at radius 3 is 2.67 bits per heavy atom. The number of alkyl carbamates (subject to hydrolysis) is 1. The van der Waals surface area contributed by atoms with E-state index in [4.69, 9.17) is 22.8 Å². The van der Waals surface area contributed by atoms with Crippen molar-refractivity contribution in [3.05, 3.63) is 34.3 Å². The number of halogens is 1.